The molecule has 90 valence electrons. The SMILES string of the molecule is CNCC(C)c1csc(-c2cccc(F)c2)c1. The predicted molar refractivity (Wildman–Crippen MR) is 72.1 cm³/mol. The van der Waals surface area contributed by atoms with Gasteiger partial charge in [-0.05, 0) is 47.7 Å². The molecule has 0 spiro atoms. The molecule has 0 bridgehead atoms. The van der Waals surface area contributed by atoms with Crippen LogP contribution in [0.1, 0.15) is 18.4 Å². The van der Waals surface area contributed by atoms with E-state index in [-0.39, 0.29) is 5.82 Å². The van der Waals surface area contributed by atoms with Gasteiger partial charge in [-0.2, -0.15) is 0 Å². The molecule has 0 aliphatic carbocycles. The van der Waals surface area contributed by atoms with E-state index in [4.69, 9.17) is 0 Å². The Labute approximate surface area is 105 Å². The molecule has 1 nitrogen and oxygen atoms in total. The Morgan fingerprint density at radius 1 is 1.35 bits per heavy atom. The van der Waals surface area contributed by atoms with Crippen LogP contribution >= 0.6 is 11.3 Å². The second-order valence-electron chi connectivity index (χ2n) is 4.21. The Morgan fingerprint density at radius 2 is 2.18 bits per heavy atom. The summed E-state index contributed by atoms with van der Waals surface area (Å²) in [4.78, 5) is 1.13. The summed E-state index contributed by atoms with van der Waals surface area (Å²) in [6, 6.07) is 8.91. The Hall–Kier alpha value is -1.19. The van der Waals surface area contributed by atoms with E-state index in [9.17, 15) is 4.39 Å². The fraction of sp³-hybridized carbons (Fsp3) is 0.286. The second-order valence-corrected chi connectivity index (χ2v) is 5.12. The first-order valence-electron chi connectivity index (χ1n) is 5.69. The highest BCUT2D eigenvalue weighted by Crippen LogP contribution is 2.30. The standard InChI is InChI=1S/C14H16FNS/c1-10(8-16-2)12-7-14(17-9-12)11-4-3-5-13(15)6-11/h3-7,9-10,16H,8H2,1-2H3. The van der Waals surface area contributed by atoms with Gasteiger partial charge in [-0.3, -0.25) is 0 Å². The Morgan fingerprint density at radius 3 is 2.88 bits per heavy atom. The molecule has 0 aliphatic heterocycles. The lowest BCUT2D eigenvalue weighted by Gasteiger charge is -2.07. The summed E-state index contributed by atoms with van der Waals surface area (Å²) < 4.78 is 13.1. The lowest BCUT2D eigenvalue weighted by molar-refractivity contribution is 0.628. The van der Waals surface area contributed by atoms with Gasteiger partial charge in [-0.25, -0.2) is 4.39 Å². The lowest BCUT2D eigenvalue weighted by Crippen LogP contribution is -2.14. The van der Waals surface area contributed by atoms with Crippen LogP contribution in [0, 0.1) is 5.82 Å². The van der Waals surface area contributed by atoms with E-state index in [1.165, 1.54) is 11.6 Å². The molecule has 2 rings (SSSR count). The molecule has 0 amide bonds. The first kappa shape index (κ1) is 12.3. The fourth-order valence-electron chi connectivity index (χ4n) is 1.83. The van der Waals surface area contributed by atoms with E-state index in [0.717, 1.165) is 17.0 Å². The van der Waals surface area contributed by atoms with Gasteiger partial charge in [-0.1, -0.05) is 19.1 Å². The van der Waals surface area contributed by atoms with Crippen LogP contribution in [-0.4, -0.2) is 13.6 Å². The van der Waals surface area contributed by atoms with Crippen molar-refractivity contribution in [3.05, 3.63) is 47.1 Å². The molecule has 1 atom stereocenters. The van der Waals surface area contributed by atoms with Crippen molar-refractivity contribution in [3.63, 3.8) is 0 Å². The maximum Gasteiger partial charge on any atom is 0.123 e. The average Bonchev–Trinajstić information content (AvgIpc) is 2.78. The minimum Gasteiger partial charge on any atom is -0.319 e. The van der Waals surface area contributed by atoms with E-state index < -0.39 is 0 Å². The summed E-state index contributed by atoms with van der Waals surface area (Å²) in [6.07, 6.45) is 0. The zero-order chi connectivity index (χ0) is 12.3. The van der Waals surface area contributed by atoms with Gasteiger partial charge in [0.15, 0.2) is 0 Å². The van der Waals surface area contributed by atoms with Crippen LogP contribution in [0.25, 0.3) is 10.4 Å². The minimum absolute atomic E-state index is 0.180. The van der Waals surface area contributed by atoms with Crippen molar-refractivity contribution in [1.82, 2.24) is 5.32 Å². The molecule has 0 saturated heterocycles. The molecule has 1 aromatic heterocycles. The molecule has 0 fully saturated rings. The van der Waals surface area contributed by atoms with Crippen LogP contribution in [0.15, 0.2) is 35.7 Å². The molecule has 2 aromatic rings. The van der Waals surface area contributed by atoms with E-state index >= 15 is 0 Å². The predicted octanol–water partition coefficient (Wildman–Crippen LogP) is 3.88. The highest BCUT2D eigenvalue weighted by molar-refractivity contribution is 7.13. The Bertz CT molecular complexity index is 492. The molecule has 1 aromatic carbocycles. The van der Waals surface area contributed by atoms with Crippen LogP contribution in [0.2, 0.25) is 0 Å². The average molecular weight is 249 g/mol. The maximum absolute atomic E-state index is 13.1. The van der Waals surface area contributed by atoms with E-state index in [2.05, 4.69) is 23.7 Å². The first-order chi connectivity index (χ1) is 8.20. The second kappa shape index (κ2) is 5.43. The third kappa shape index (κ3) is 2.93. The monoisotopic (exact) mass is 249 g/mol. The van der Waals surface area contributed by atoms with Crippen molar-refractivity contribution >= 4 is 11.3 Å². The van der Waals surface area contributed by atoms with E-state index in [1.807, 2.05) is 13.1 Å². The molecular weight excluding hydrogens is 233 g/mol. The number of benzene rings is 1. The molecule has 0 saturated carbocycles. The normalized spacial score (nSPS) is 12.6. The molecule has 1 heterocycles. The number of hydrogen-bond acceptors (Lipinski definition) is 2. The number of likely N-dealkylation sites (N-methyl/N-ethyl adjacent to an activating group) is 1. The third-order valence-corrected chi connectivity index (χ3v) is 3.81. The highest BCUT2D eigenvalue weighted by atomic mass is 32.1. The summed E-state index contributed by atoms with van der Waals surface area (Å²) in [5.74, 6) is 0.305. The van der Waals surface area contributed by atoms with Gasteiger partial charge in [0.1, 0.15) is 5.82 Å². The van der Waals surface area contributed by atoms with Crippen molar-refractivity contribution in [2.75, 3.05) is 13.6 Å². The number of thiophene rings is 1. The summed E-state index contributed by atoms with van der Waals surface area (Å²) in [5, 5.41) is 5.32. The molecular formula is C14H16FNS. The van der Waals surface area contributed by atoms with Gasteiger partial charge in [0.25, 0.3) is 0 Å². The summed E-state index contributed by atoms with van der Waals surface area (Å²) in [7, 11) is 1.95. The molecule has 3 heteroatoms. The van der Waals surface area contributed by atoms with Crippen molar-refractivity contribution in [1.29, 1.82) is 0 Å². The van der Waals surface area contributed by atoms with E-state index in [1.54, 1.807) is 23.5 Å². The zero-order valence-corrected chi connectivity index (χ0v) is 10.9. The van der Waals surface area contributed by atoms with Crippen LogP contribution < -0.4 is 5.32 Å². The molecule has 17 heavy (non-hydrogen) atoms. The van der Waals surface area contributed by atoms with Crippen LogP contribution in [0.3, 0.4) is 0 Å². The molecule has 0 radical (unpaired) electrons. The van der Waals surface area contributed by atoms with Crippen LogP contribution in [-0.2, 0) is 0 Å². The zero-order valence-electron chi connectivity index (χ0n) is 10.0. The number of nitrogens with one attached hydrogen (secondary N) is 1. The largest absolute Gasteiger partial charge is 0.319 e. The van der Waals surface area contributed by atoms with Crippen molar-refractivity contribution in [3.8, 4) is 10.4 Å². The van der Waals surface area contributed by atoms with Gasteiger partial charge in [0.05, 0.1) is 0 Å². The van der Waals surface area contributed by atoms with Gasteiger partial charge in [-0.15, -0.1) is 11.3 Å². The lowest BCUT2D eigenvalue weighted by atomic mass is 10.0. The van der Waals surface area contributed by atoms with Crippen molar-refractivity contribution < 1.29 is 4.39 Å². The molecule has 0 aliphatic rings. The van der Waals surface area contributed by atoms with Crippen LogP contribution in [0.4, 0.5) is 4.39 Å². The summed E-state index contributed by atoms with van der Waals surface area (Å²) in [6.45, 7) is 3.15. The molecule has 1 N–H and O–H groups in total. The van der Waals surface area contributed by atoms with E-state index in [0.29, 0.717) is 5.92 Å². The van der Waals surface area contributed by atoms with Gasteiger partial charge < -0.3 is 5.32 Å². The highest BCUT2D eigenvalue weighted by Gasteiger charge is 2.08. The van der Waals surface area contributed by atoms with Crippen LogP contribution in [0.5, 0.6) is 0 Å². The Balaban J connectivity index is 2.23. The summed E-state index contributed by atoms with van der Waals surface area (Å²) >= 11 is 1.67. The smallest absolute Gasteiger partial charge is 0.123 e. The number of hydrogen-bond donors (Lipinski definition) is 1. The third-order valence-electron chi connectivity index (χ3n) is 2.81. The van der Waals surface area contributed by atoms with Gasteiger partial charge >= 0.3 is 0 Å². The number of rotatable bonds is 4. The minimum atomic E-state index is -0.180. The Kier molecular flexibility index (Phi) is 3.92. The quantitative estimate of drug-likeness (QED) is 0.867. The first-order valence-corrected chi connectivity index (χ1v) is 6.57. The fourth-order valence-corrected chi connectivity index (χ4v) is 2.86. The van der Waals surface area contributed by atoms with Crippen molar-refractivity contribution in [2.45, 2.75) is 12.8 Å². The maximum atomic E-state index is 13.1. The van der Waals surface area contributed by atoms with Gasteiger partial charge in [0, 0.05) is 11.4 Å². The van der Waals surface area contributed by atoms with Crippen molar-refractivity contribution in [2.24, 2.45) is 0 Å². The summed E-state index contributed by atoms with van der Waals surface area (Å²) in [5.41, 5.74) is 2.27. The van der Waals surface area contributed by atoms with Gasteiger partial charge in [0.2, 0.25) is 0 Å². The topological polar surface area (TPSA) is 12.0 Å². The molecule has 1 unspecified atom stereocenters. The number of halogens is 1.